The normalized spacial score (nSPS) is 10.8. The first kappa shape index (κ1) is 21.5. The molecule has 0 amide bonds. The van der Waals surface area contributed by atoms with Crippen molar-refractivity contribution in [1.82, 2.24) is 9.13 Å². The molecule has 2 aromatic rings. The Balaban J connectivity index is 0.00000312. The fourth-order valence-corrected chi connectivity index (χ4v) is 3.06. The number of halogens is 1. The molecule has 0 unspecified atom stereocenters. The number of allylic oxidation sites excluding steroid dienone is 1. The van der Waals surface area contributed by atoms with Crippen LogP contribution in [-0.4, -0.2) is 15.7 Å². The lowest BCUT2D eigenvalue weighted by atomic mass is 10.1. The summed E-state index contributed by atoms with van der Waals surface area (Å²) in [6.07, 6.45) is 10.8. The molecule has 2 rings (SSSR count). The molecule has 0 radical (unpaired) electrons. The molecular formula is C20H32ClN3O. The minimum Gasteiger partial charge on any atom is -0.361 e. The fourth-order valence-electron chi connectivity index (χ4n) is 3.06. The monoisotopic (exact) mass is 365 g/mol. The molecule has 0 saturated carbocycles. The van der Waals surface area contributed by atoms with E-state index in [1.54, 1.807) is 0 Å². The number of unbranched alkanes of at least 4 members (excludes halogenated alkanes) is 6. The summed E-state index contributed by atoms with van der Waals surface area (Å²) in [6.45, 7) is 7.89. The van der Waals surface area contributed by atoms with Crippen molar-refractivity contribution in [2.24, 2.45) is 0 Å². The molecule has 140 valence electrons. The summed E-state index contributed by atoms with van der Waals surface area (Å²) in [4.78, 5) is 0. The quantitative estimate of drug-likeness (QED) is 0.405. The van der Waals surface area contributed by atoms with Crippen LogP contribution in [0.15, 0.2) is 36.9 Å². The summed E-state index contributed by atoms with van der Waals surface area (Å²) in [6, 6.07) is 8.10. The van der Waals surface area contributed by atoms with Gasteiger partial charge in [-0.3, -0.25) is 9.98 Å². The summed E-state index contributed by atoms with van der Waals surface area (Å²) in [5, 5.41) is 8.39. The van der Waals surface area contributed by atoms with E-state index in [-0.39, 0.29) is 12.4 Å². The van der Waals surface area contributed by atoms with E-state index in [0.717, 1.165) is 24.1 Å². The van der Waals surface area contributed by atoms with Crippen molar-refractivity contribution in [1.29, 1.82) is 5.41 Å². The summed E-state index contributed by atoms with van der Waals surface area (Å²) in [7, 11) is 0. The van der Waals surface area contributed by atoms with E-state index in [1.807, 2.05) is 39.5 Å². The zero-order valence-corrected chi connectivity index (χ0v) is 16.2. The maximum atomic E-state index is 8.39. The van der Waals surface area contributed by atoms with Crippen LogP contribution in [0.4, 0.5) is 0 Å². The van der Waals surface area contributed by atoms with Gasteiger partial charge in [-0.15, -0.1) is 19.0 Å². The predicted octanol–water partition coefficient (Wildman–Crippen LogP) is 5.25. The second-order valence-corrected chi connectivity index (χ2v) is 6.30. The number of imidazole rings is 1. The van der Waals surface area contributed by atoms with E-state index in [1.165, 1.54) is 38.5 Å². The molecule has 0 aliphatic rings. The minimum absolute atomic E-state index is 0. The average molecular weight is 366 g/mol. The molecule has 0 spiro atoms. The van der Waals surface area contributed by atoms with Crippen LogP contribution >= 0.6 is 12.4 Å². The van der Waals surface area contributed by atoms with Gasteiger partial charge in [-0.25, -0.2) is 0 Å². The number of nitrogens with zero attached hydrogens (tertiary/aromatic N) is 2. The van der Waals surface area contributed by atoms with Crippen molar-refractivity contribution in [2.45, 2.75) is 65.1 Å². The number of ether oxygens (including phenoxy) is 1. The highest BCUT2D eigenvalue weighted by atomic mass is 35.5. The predicted molar refractivity (Wildman–Crippen MR) is 107 cm³/mol. The molecule has 25 heavy (non-hydrogen) atoms. The third-order valence-electron chi connectivity index (χ3n) is 4.40. The van der Waals surface area contributed by atoms with Gasteiger partial charge < -0.3 is 9.30 Å². The van der Waals surface area contributed by atoms with E-state index in [2.05, 4.69) is 13.5 Å². The zero-order chi connectivity index (χ0) is 17.2. The van der Waals surface area contributed by atoms with Crippen molar-refractivity contribution >= 4 is 23.4 Å². The first-order valence-corrected chi connectivity index (χ1v) is 9.21. The molecule has 0 atom stereocenters. The van der Waals surface area contributed by atoms with Crippen molar-refractivity contribution in [3.05, 3.63) is 42.5 Å². The highest BCUT2D eigenvalue weighted by Crippen LogP contribution is 2.13. The lowest BCUT2D eigenvalue weighted by molar-refractivity contribution is 0.0730. The van der Waals surface area contributed by atoms with E-state index >= 15 is 0 Å². The molecule has 1 N–H and O–H groups in total. The number of hydrogen-bond acceptors (Lipinski definition) is 2. The van der Waals surface area contributed by atoms with Crippen LogP contribution in [0.1, 0.15) is 51.9 Å². The topological polar surface area (TPSA) is 42.9 Å². The molecule has 4 nitrogen and oxygen atoms in total. The van der Waals surface area contributed by atoms with Gasteiger partial charge >= 0.3 is 0 Å². The molecule has 0 fully saturated rings. The van der Waals surface area contributed by atoms with Crippen LogP contribution in [0.5, 0.6) is 0 Å². The molecule has 0 aliphatic carbocycles. The highest BCUT2D eigenvalue weighted by Gasteiger charge is 2.09. The van der Waals surface area contributed by atoms with Crippen molar-refractivity contribution in [3.8, 4) is 0 Å². The van der Waals surface area contributed by atoms with Crippen molar-refractivity contribution in [3.63, 3.8) is 0 Å². The van der Waals surface area contributed by atoms with Gasteiger partial charge in [0.1, 0.15) is 6.73 Å². The molecule has 0 saturated heterocycles. The van der Waals surface area contributed by atoms with Crippen LogP contribution in [-0.2, 0) is 18.0 Å². The first-order chi connectivity index (χ1) is 11.8. The van der Waals surface area contributed by atoms with Gasteiger partial charge in [0.25, 0.3) is 0 Å². The molecular weight excluding hydrogens is 334 g/mol. The second-order valence-electron chi connectivity index (χ2n) is 6.30. The maximum absolute atomic E-state index is 8.39. The number of para-hydroxylation sites is 2. The number of nitrogens with one attached hydrogen (secondary N) is 1. The summed E-state index contributed by atoms with van der Waals surface area (Å²) in [5.41, 5.74) is 2.57. The van der Waals surface area contributed by atoms with Crippen LogP contribution < -0.4 is 5.62 Å². The number of aromatic nitrogens is 2. The van der Waals surface area contributed by atoms with Crippen molar-refractivity contribution < 1.29 is 4.74 Å². The number of hydrogen-bond donors (Lipinski definition) is 1. The van der Waals surface area contributed by atoms with Gasteiger partial charge in [0, 0.05) is 13.2 Å². The molecule has 1 aromatic carbocycles. The van der Waals surface area contributed by atoms with Gasteiger partial charge in [-0.1, -0.05) is 63.7 Å². The van der Waals surface area contributed by atoms with Crippen LogP contribution in [0, 0.1) is 5.41 Å². The van der Waals surface area contributed by atoms with Gasteiger partial charge in [-0.2, -0.15) is 0 Å². The Kier molecular flexibility index (Phi) is 10.3. The van der Waals surface area contributed by atoms with Crippen LogP contribution in [0.2, 0.25) is 0 Å². The minimum atomic E-state index is 0. The number of rotatable bonds is 12. The van der Waals surface area contributed by atoms with Crippen molar-refractivity contribution in [2.75, 3.05) is 6.61 Å². The Bertz CT molecular complexity index is 690. The van der Waals surface area contributed by atoms with Crippen LogP contribution in [0.25, 0.3) is 11.0 Å². The lowest BCUT2D eigenvalue weighted by Gasteiger charge is -2.06. The Morgan fingerprint density at radius 3 is 2.24 bits per heavy atom. The summed E-state index contributed by atoms with van der Waals surface area (Å²) >= 11 is 0. The SMILES string of the molecule is C=CCn1c(=N)n(COCCCCCCCCC)c2ccccc21.Cl. The third-order valence-corrected chi connectivity index (χ3v) is 4.40. The van der Waals surface area contributed by atoms with E-state index in [9.17, 15) is 0 Å². The molecule has 1 aromatic heterocycles. The highest BCUT2D eigenvalue weighted by molar-refractivity contribution is 5.85. The maximum Gasteiger partial charge on any atom is 0.205 e. The first-order valence-electron chi connectivity index (χ1n) is 9.21. The number of fused-ring (bicyclic) bond motifs is 1. The standard InChI is InChI=1S/C20H31N3O.ClH/c1-3-5-6-7-8-9-12-16-24-17-23-19-14-11-10-13-18(19)22(15-4-2)20(23)21;/h4,10-11,13-14,21H,2-3,5-9,12,15-17H2,1H3;1H. The van der Waals surface area contributed by atoms with Gasteiger partial charge in [0.05, 0.1) is 11.0 Å². The molecule has 0 aliphatic heterocycles. The molecule has 1 heterocycles. The van der Waals surface area contributed by atoms with E-state index in [4.69, 9.17) is 10.1 Å². The Hall–Kier alpha value is -1.52. The van der Waals surface area contributed by atoms with E-state index < -0.39 is 0 Å². The second kappa shape index (κ2) is 11.9. The summed E-state index contributed by atoms with van der Waals surface area (Å²) in [5.74, 6) is 0. The van der Waals surface area contributed by atoms with E-state index in [0.29, 0.717) is 18.9 Å². The average Bonchev–Trinajstić information content (AvgIpc) is 2.86. The smallest absolute Gasteiger partial charge is 0.205 e. The van der Waals surface area contributed by atoms with Crippen LogP contribution in [0.3, 0.4) is 0 Å². The summed E-state index contributed by atoms with van der Waals surface area (Å²) < 4.78 is 9.72. The molecule has 5 heteroatoms. The molecule has 0 bridgehead atoms. The Labute approximate surface area is 157 Å². The Morgan fingerprint density at radius 1 is 1.00 bits per heavy atom. The van der Waals surface area contributed by atoms with Gasteiger partial charge in [0.2, 0.25) is 5.62 Å². The number of benzene rings is 1. The third kappa shape index (κ3) is 6.05. The zero-order valence-electron chi connectivity index (χ0n) is 15.4. The Morgan fingerprint density at radius 2 is 1.60 bits per heavy atom. The van der Waals surface area contributed by atoms with Gasteiger partial charge in [0.15, 0.2) is 0 Å². The van der Waals surface area contributed by atoms with Gasteiger partial charge in [-0.05, 0) is 18.6 Å². The lowest BCUT2D eigenvalue weighted by Crippen LogP contribution is -2.25. The fraction of sp³-hybridized carbons (Fsp3) is 0.550. The largest absolute Gasteiger partial charge is 0.361 e.